The van der Waals surface area contributed by atoms with Crippen LogP contribution < -0.4 is 5.32 Å². The maximum Gasteiger partial charge on any atom is 0.251 e. The van der Waals surface area contributed by atoms with E-state index in [1.807, 2.05) is 6.92 Å². The number of carbonyl (C=O) groups excluding carboxylic acids is 1. The van der Waals surface area contributed by atoms with Gasteiger partial charge in [0.1, 0.15) is 0 Å². The summed E-state index contributed by atoms with van der Waals surface area (Å²) in [5, 5.41) is 3.66. The fourth-order valence-corrected chi connectivity index (χ4v) is 1.74. The minimum atomic E-state index is -0.193. The fraction of sp³-hybridized carbons (Fsp3) is 0.364. The highest BCUT2D eigenvalue weighted by molar-refractivity contribution is 6.35. The predicted molar refractivity (Wildman–Crippen MR) is 68.7 cm³/mol. The van der Waals surface area contributed by atoms with Gasteiger partial charge in [0.2, 0.25) is 0 Å². The molecule has 2 nitrogen and oxygen atoms in total. The molecule has 1 unspecified atom stereocenters. The third-order valence-corrected chi connectivity index (χ3v) is 2.96. The average molecular weight is 281 g/mol. The van der Waals surface area contributed by atoms with Crippen molar-refractivity contribution in [3.8, 4) is 0 Å². The van der Waals surface area contributed by atoms with Crippen LogP contribution in [0.25, 0.3) is 0 Å². The van der Waals surface area contributed by atoms with Crippen molar-refractivity contribution in [2.45, 2.75) is 6.92 Å². The van der Waals surface area contributed by atoms with Gasteiger partial charge in [-0.1, -0.05) is 30.1 Å². The summed E-state index contributed by atoms with van der Waals surface area (Å²) < 4.78 is 0. The minimum absolute atomic E-state index is 0.193. The van der Waals surface area contributed by atoms with E-state index in [1.54, 1.807) is 18.2 Å². The SMILES string of the molecule is CC(CCl)CNC(=O)c1cc(Cl)cc(Cl)c1. The molecule has 1 amide bonds. The number of hydrogen-bond acceptors (Lipinski definition) is 1. The molecule has 88 valence electrons. The number of amides is 1. The van der Waals surface area contributed by atoms with Crippen LogP contribution in [0.15, 0.2) is 18.2 Å². The number of carbonyl (C=O) groups is 1. The number of alkyl halides is 1. The van der Waals surface area contributed by atoms with Gasteiger partial charge in [-0.3, -0.25) is 4.79 Å². The molecular weight excluding hydrogens is 268 g/mol. The summed E-state index contributed by atoms with van der Waals surface area (Å²) in [5.74, 6) is 0.554. The zero-order valence-electron chi connectivity index (χ0n) is 8.77. The molecule has 0 aliphatic rings. The summed E-state index contributed by atoms with van der Waals surface area (Å²) >= 11 is 17.2. The van der Waals surface area contributed by atoms with Gasteiger partial charge in [0.15, 0.2) is 0 Å². The van der Waals surface area contributed by atoms with E-state index in [9.17, 15) is 4.79 Å². The molecule has 0 aromatic heterocycles. The molecule has 1 atom stereocenters. The van der Waals surface area contributed by atoms with Gasteiger partial charge in [-0.15, -0.1) is 11.6 Å². The molecule has 0 heterocycles. The van der Waals surface area contributed by atoms with Gasteiger partial charge in [-0.2, -0.15) is 0 Å². The molecule has 16 heavy (non-hydrogen) atoms. The lowest BCUT2D eigenvalue weighted by atomic mass is 10.2. The van der Waals surface area contributed by atoms with Crippen molar-refractivity contribution in [3.05, 3.63) is 33.8 Å². The molecule has 0 saturated heterocycles. The van der Waals surface area contributed by atoms with E-state index in [4.69, 9.17) is 34.8 Å². The molecule has 1 aromatic carbocycles. The number of rotatable bonds is 4. The monoisotopic (exact) mass is 279 g/mol. The van der Waals surface area contributed by atoms with Gasteiger partial charge in [0.25, 0.3) is 5.91 Å². The van der Waals surface area contributed by atoms with Gasteiger partial charge in [0, 0.05) is 28.0 Å². The van der Waals surface area contributed by atoms with E-state index in [2.05, 4.69) is 5.32 Å². The largest absolute Gasteiger partial charge is 0.352 e. The Morgan fingerprint density at radius 3 is 2.38 bits per heavy atom. The van der Waals surface area contributed by atoms with Gasteiger partial charge in [0.05, 0.1) is 0 Å². The highest BCUT2D eigenvalue weighted by Crippen LogP contribution is 2.18. The van der Waals surface area contributed by atoms with Crippen molar-refractivity contribution in [2.24, 2.45) is 5.92 Å². The molecule has 5 heteroatoms. The second kappa shape index (κ2) is 6.33. The van der Waals surface area contributed by atoms with E-state index < -0.39 is 0 Å². The van der Waals surface area contributed by atoms with Crippen molar-refractivity contribution >= 4 is 40.7 Å². The second-order valence-electron chi connectivity index (χ2n) is 3.63. The van der Waals surface area contributed by atoms with Crippen LogP contribution in [-0.4, -0.2) is 18.3 Å². The number of hydrogen-bond donors (Lipinski definition) is 1. The maximum absolute atomic E-state index is 11.7. The standard InChI is InChI=1S/C11H12Cl3NO/c1-7(5-12)6-15-11(16)8-2-9(13)4-10(14)3-8/h2-4,7H,5-6H2,1H3,(H,15,16). The number of halogens is 3. The quantitative estimate of drug-likeness (QED) is 0.839. The lowest BCUT2D eigenvalue weighted by molar-refractivity contribution is 0.0949. The molecule has 1 rings (SSSR count). The van der Waals surface area contributed by atoms with Crippen LogP contribution in [0, 0.1) is 5.92 Å². The van der Waals surface area contributed by atoms with Crippen LogP contribution in [0.2, 0.25) is 10.0 Å². The molecule has 0 radical (unpaired) electrons. The number of benzene rings is 1. The van der Waals surface area contributed by atoms with Crippen molar-refractivity contribution in [1.29, 1.82) is 0 Å². The maximum atomic E-state index is 11.7. The third-order valence-electron chi connectivity index (χ3n) is 2.00. The molecule has 0 aliphatic carbocycles. The van der Waals surface area contributed by atoms with Gasteiger partial charge < -0.3 is 5.32 Å². The van der Waals surface area contributed by atoms with Crippen molar-refractivity contribution < 1.29 is 4.79 Å². The molecule has 0 aliphatic heterocycles. The highest BCUT2D eigenvalue weighted by Gasteiger charge is 2.08. The zero-order chi connectivity index (χ0) is 12.1. The predicted octanol–water partition coefficient (Wildman–Crippen LogP) is 3.60. The van der Waals surface area contributed by atoms with Crippen LogP contribution >= 0.6 is 34.8 Å². The average Bonchev–Trinajstić information content (AvgIpc) is 2.23. The van der Waals surface area contributed by atoms with Crippen LogP contribution in [0.4, 0.5) is 0 Å². The third kappa shape index (κ3) is 4.20. The summed E-state index contributed by atoms with van der Waals surface area (Å²) in [4.78, 5) is 11.7. The fourth-order valence-electron chi connectivity index (χ4n) is 1.11. The Labute approximate surface area is 110 Å². The first-order valence-corrected chi connectivity index (χ1v) is 6.12. The summed E-state index contributed by atoms with van der Waals surface area (Å²) in [6.07, 6.45) is 0. The van der Waals surface area contributed by atoms with E-state index in [0.717, 1.165) is 0 Å². The van der Waals surface area contributed by atoms with Crippen molar-refractivity contribution in [1.82, 2.24) is 5.32 Å². The molecule has 0 bridgehead atoms. The van der Waals surface area contributed by atoms with Crippen LogP contribution in [-0.2, 0) is 0 Å². The molecule has 0 fully saturated rings. The molecule has 0 saturated carbocycles. The van der Waals surface area contributed by atoms with Crippen molar-refractivity contribution in [2.75, 3.05) is 12.4 Å². The van der Waals surface area contributed by atoms with Crippen LogP contribution in [0.1, 0.15) is 17.3 Å². The normalized spacial score (nSPS) is 12.2. The Balaban J connectivity index is 2.66. The lowest BCUT2D eigenvalue weighted by Gasteiger charge is -2.09. The van der Waals surface area contributed by atoms with E-state index in [1.165, 1.54) is 0 Å². The summed E-state index contributed by atoms with van der Waals surface area (Å²) in [6.45, 7) is 2.49. The second-order valence-corrected chi connectivity index (χ2v) is 4.81. The van der Waals surface area contributed by atoms with Crippen LogP contribution in [0.3, 0.4) is 0 Å². The Hall–Kier alpha value is -0.440. The van der Waals surface area contributed by atoms with Gasteiger partial charge in [-0.25, -0.2) is 0 Å². The van der Waals surface area contributed by atoms with E-state index >= 15 is 0 Å². The van der Waals surface area contributed by atoms with Gasteiger partial charge >= 0.3 is 0 Å². The minimum Gasteiger partial charge on any atom is -0.352 e. The smallest absolute Gasteiger partial charge is 0.251 e. The first-order valence-electron chi connectivity index (χ1n) is 4.83. The first-order chi connectivity index (χ1) is 7.52. The van der Waals surface area contributed by atoms with E-state index in [-0.39, 0.29) is 11.8 Å². The molecule has 0 spiro atoms. The molecule has 1 aromatic rings. The lowest BCUT2D eigenvalue weighted by Crippen LogP contribution is -2.28. The first kappa shape index (κ1) is 13.6. The zero-order valence-corrected chi connectivity index (χ0v) is 11.0. The highest BCUT2D eigenvalue weighted by atomic mass is 35.5. The topological polar surface area (TPSA) is 29.1 Å². The summed E-state index contributed by atoms with van der Waals surface area (Å²) in [6, 6.07) is 4.74. The summed E-state index contributed by atoms with van der Waals surface area (Å²) in [7, 11) is 0. The summed E-state index contributed by atoms with van der Waals surface area (Å²) in [5.41, 5.74) is 0.458. The van der Waals surface area contributed by atoms with Gasteiger partial charge in [-0.05, 0) is 24.1 Å². The van der Waals surface area contributed by atoms with E-state index in [0.29, 0.717) is 28.0 Å². The number of nitrogens with one attached hydrogen (secondary N) is 1. The van der Waals surface area contributed by atoms with Crippen LogP contribution in [0.5, 0.6) is 0 Å². The Bertz CT molecular complexity index is 361. The molecular formula is C11H12Cl3NO. The Morgan fingerprint density at radius 2 is 1.88 bits per heavy atom. The molecule has 1 N–H and O–H groups in total. The Morgan fingerprint density at radius 1 is 1.31 bits per heavy atom. The van der Waals surface area contributed by atoms with Crippen molar-refractivity contribution in [3.63, 3.8) is 0 Å². The Kier molecular flexibility index (Phi) is 5.39.